The number of fused-ring (bicyclic) bond motifs is 1. The fourth-order valence-electron chi connectivity index (χ4n) is 3.61. The van der Waals surface area contributed by atoms with Gasteiger partial charge in [-0.3, -0.25) is 4.79 Å². The van der Waals surface area contributed by atoms with Crippen LogP contribution in [0.1, 0.15) is 34.8 Å². The number of amides is 1. The standard InChI is InChI=1S/C20H21N5O/c26-20(16-3-4-17-15(13-16)7-8-21-17)25-11-9-24(10-12-25)19-6-5-18(22-23-19)14-1-2-14/h3-8,13-14,21H,1-2,9-12H2. The normalized spacial score (nSPS) is 17.7. The third-order valence-corrected chi connectivity index (χ3v) is 5.36. The Morgan fingerprint density at radius 3 is 2.58 bits per heavy atom. The third-order valence-electron chi connectivity index (χ3n) is 5.36. The molecule has 3 aromatic rings. The van der Waals surface area contributed by atoms with Gasteiger partial charge >= 0.3 is 0 Å². The second-order valence-electron chi connectivity index (χ2n) is 7.15. The summed E-state index contributed by atoms with van der Waals surface area (Å²) in [7, 11) is 0. The van der Waals surface area contributed by atoms with Crippen molar-refractivity contribution in [1.82, 2.24) is 20.1 Å². The van der Waals surface area contributed by atoms with E-state index in [1.165, 1.54) is 12.8 Å². The topological polar surface area (TPSA) is 65.1 Å². The number of rotatable bonds is 3. The van der Waals surface area contributed by atoms with Crippen molar-refractivity contribution in [3.63, 3.8) is 0 Å². The molecule has 0 spiro atoms. The molecule has 0 unspecified atom stereocenters. The summed E-state index contributed by atoms with van der Waals surface area (Å²) in [4.78, 5) is 20.1. The zero-order valence-electron chi connectivity index (χ0n) is 14.6. The molecule has 1 amide bonds. The lowest BCUT2D eigenvalue weighted by molar-refractivity contribution is 0.0746. The summed E-state index contributed by atoms with van der Waals surface area (Å²) < 4.78 is 0. The lowest BCUT2D eigenvalue weighted by Gasteiger charge is -2.35. The van der Waals surface area contributed by atoms with Crippen LogP contribution in [0.4, 0.5) is 5.82 Å². The number of hydrogen-bond donors (Lipinski definition) is 1. The van der Waals surface area contributed by atoms with Gasteiger partial charge in [-0.15, -0.1) is 5.10 Å². The highest BCUT2D eigenvalue weighted by molar-refractivity contribution is 5.98. The van der Waals surface area contributed by atoms with E-state index in [1.807, 2.05) is 35.4 Å². The summed E-state index contributed by atoms with van der Waals surface area (Å²) >= 11 is 0. The van der Waals surface area contributed by atoms with Crippen molar-refractivity contribution < 1.29 is 4.79 Å². The van der Waals surface area contributed by atoms with Crippen LogP contribution in [0.5, 0.6) is 0 Å². The largest absolute Gasteiger partial charge is 0.361 e. The van der Waals surface area contributed by atoms with E-state index < -0.39 is 0 Å². The van der Waals surface area contributed by atoms with Crippen LogP contribution in [-0.2, 0) is 0 Å². The first-order chi connectivity index (χ1) is 12.8. The van der Waals surface area contributed by atoms with E-state index in [9.17, 15) is 4.79 Å². The molecule has 0 atom stereocenters. The van der Waals surface area contributed by atoms with E-state index in [-0.39, 0.29) is 5.91 Å². The highest BCUT2D eigenvalue weighted by Crippen LogP contribution is 2.38. The lowest BCUT2D eigenvalue weighted by atomic mass is 10.1. The van der Waals surface area contributed by atoms with Crippen LogP contribution in [0.2, 0.25) is 0 Å². The second-order valence-corrected chi connectivity index (χ2v) is 7.15. The van der Waals surface area contributed by atoms with E-state index in [0.29, 0.717) is 19.0 Å². The summed E-state index contributed by atoms with van der Waals surface area (Å²) in [6.07, 6.45) is 4.37. The van der Waals surface area contributed by atoms with Gasteiger partial charge in [-0.1, -0.05) is 0 Å². The van der Waals surface area contributed by atoms with Crippen LogP contribution in [-0.4, -0.2) is 52.2 Å². The highest BCUT2D eigenvalue weighted by Gasteiger charge is 2.26. The number of aromatic amines is 1. The SMILES string of the molecule is O=C(c1ccc2[nH]ccc2c1)N1CCN(c2ccc(C3CC3)nn2)CC1. The maximum Gasteiger partial charge on any atom is 0.253 e. The number of benzene rings is 1. The Kier molecular flexibility index (Phi) is 3.62. The van der Waals surface area contributed by atoms with Crippen LogP contribution in [0.15, 0.2) is 42.6 Å². The van der Waals surface area contributed by atoms with Crippen molar-refractivity contribution >= 4 is 22.6 Å². The van der Waals surface area contributed by atoms with Gasteiger partial charge in [0.2, 0.25) is 0 Å². The molecule has 3 heterocycles. The molecular weight excluding hydrogens is 326 g/mol. The minimum atomic E-state index is 0.0999. The first-order valence-electron chi connectivity index (χ1n) is 9.23. The first kappa shape index (κ1) is 15.4. The predicted octanol–water partition coefficient (Wildman–Crippen LogP) is 2.80. The van der Waals surface area contributed by atoms with Crippen molar-refractivity contribution in [2.75, 3.05) is 31.1 Å². The summed E-state index contributed by atoms with van der Waals surface area (Å²) in [5, 5.41) is 9.83. The molecule has 2 fully saturated rings. The van der Waals surface area contributed by atoms with Crippen molar-refractivity contribution in [3.05, 3.63) is 53.9 Å². The average molecular weight is 347 g/mol. The lowest BCUT2D eigenvalue weighted by Crippen LogP contribution is -2.49. The summed E-state index contributed by atoms with van der Waals surface area (Å²) in [6.45, 7) is 2.98. The Labute approximate surface area is 151 Å². The Hall–Kier alpha value is -2.89. The van der Waals surface area contributed by atoms with E-state index in [4.69, 9.17) is 0 Å². The third kappa shape index (κ3) is 2.81. The molecule has 1 aliphatic carbocycles. The molecular formula is C20H21N5O. The summed E-state index contributed by atoms with van der Waals surface area (Å²) in [5.41, 5.74) is 2.92. The summed E-state index contributed by atoms with van der Waals surface area (Å²) in [6, 6.07) is 12.0. The quantitative estimate of drug-likeness (QED) is 0.791. The van der Waals surface area contributed by atoms with E-state index in [0.717, 1.165) is 41.1 Å². The van der Waals surface area contributed by atoms with Gasteiger partial charge in [0.1, 0.15) is 0 Å². The number of hydrogen-bond acceptors (Lipinski definition) is 4. The molecule has 1 N–H and O–H groups in total. The average Bonchev–Trinajstić information content (AvgIpc) is 3.45. The van der Waals surface area contributed by atoms with Gasteiger partial charge in [0.25, 0.3) is 5.91 Å². The maximum absolute atomic E-state index is 12.8. The Morgan fingerprint density at radius 1 is 1.00 bits per heavy atom. The van der Waals surface area contributed by atoms with Gasteiger partial charge in [-0.25, -0.2) is 0 Å². The van der Waals surface area contributed by atoms with E-state index in [1.54, 1.807) is 0 Å². The van der Waals surface area contributed by atoms with Gasteiger partial charge in [0.05, 0.1) is 5.69 Å². The number of nitrogens with one attached hydrogen (secondary N) is 1. The van der Waals surface area contributed by atoms with Crippen LogP contribution in [0.25, 0.3) is 10.9 Å². The van der Waals surface area contributed by atoms with Crippen LogP contribution >= 0.6 is 0 Å². The fraction of sp³-hybridized carbons (Fsp3) is 0.350. The molecule has 0 bridgehead atoms. The Balaban J connectivity index is 1.25. The number of nitrogens with zero attached hydrogens (tertiary/aromatic N) is 4. The highest BCUT2D eigenvalue weighted by atomic mass is 16.2. The van der Waals surface area contributed by atoms with Gasteiger partial charge in [0.15, 0.2) is 5.82 Å². The number of H-pyrrole nitrogens is 1. The molecule has 2 aromatic heterocycles. The number of aromatic nitrogens is 3. The monoisotopic (exact) mass is 347 g/mol. The van der Waals surface area contributed by atoms with Crippen LogP contribution in [0.3, 0.4) is 0 Å². The zero-order valence-corrected chi connectivity index (χ0v) is 14.6. The molecule has 1 saturated carbocycles. The van der Waals surface area contributed by atoms with Gasteiger partial charge in [0, 0.05) is 54.8 Å². The maximum atomic E-state index is 12.8. The number of piperazine rings is 1. The van der Waals surface area contributed by atoms with Crippen LogP contribution in [0, 0.1) is 0 Å². The molecule has 1 saturated heterocycles. The molecule has 6 nitrogen and oxygen atoms in total. The van der Waals surface area contributed by atoms with Crippen molar-refractivity contribution in [2.45, 2.75) is 18.8 Å². The minimum absolute atomic E-state index is 0.0999. The van der Waals surface area contributed by atoms with Gasteiger partial charge in [-0.05, 0) is 49.2 Å². The van der Waals surface area contributed by atoms with E-state index >= 15 is 0 Å². The van der Waals surface area contributed by atoms with E-state index in [2.05, 4.69) is 32.2 Å². The van der Waals surface area contributed by atoms with Gasteiger partial charge < -0.3 is 14.8 Å². The van der Waals surface area contributed by atoms with Crippen molar-refractivity contribution in [2.24, 2.45) is 0 Å². The molecule has 1 aromatic carbocycles. The van der Waals surface area contributed by atoms with Crippen molar-refractivity contribution in [3.8, 4) is 0 Å². The summed E-state index contributed by atoms with van der Waals surface area (Å²) in [5.74, 6) is 1.64. The first-order valence-corrected chi connectivity index (χ1v) is 9.23. The smallest absolute Gasteiger partial charge is 0.253 e. The van der Waals surface area contributed by atoms with Crippen molar-refractivity contribution in [1.29, 1.82) is 0 Å². The molecule has 2 aliphatic rings. The number of carbonyl (C=O) groups is 1. The predicted molar refractivity (Wildman–Crippen MR) is 100 cm³/mol. The number of anilines is 1. The van der Waals surface area contributed by atoms with Gasteiger partial charge in [-0.2, -0.15) is 5.10 Å². The Morgan fingerprint density at radius 2 is 1.85 bits per heavy atom. The molecule has 26 heavy (non-hydrogen) atoms. The minimum Gasteiger partial charge on any atom is -0.361 e. The molecule has 6 heteroatoms. The fourth-order valence-corrected chi connectivity index (χ4v) is 3.61. The number of carbonyl (C=O) groups excluding carboxylic acids is 1. The zero-order chi connectivity index (χ0) is 17.5. The van der Waals surface area contributed by atoms with Crippen LogP contribution < -0.4 is 4.90 Å². The molecule has 1 aliphatic heterocycles. The Bertz CT molecular complexity index is 936. The molecule has 0 radical (unpaired) electrons. The molecule has 132 valence electrons. The molecule has 5 rings (SSSR count). The second kappa shape index (κ2) is 6.12.